The minimum atomic E-state index is 0.140. The Bertz CT molecular complexity index is 967. The van der Waals surface area contributed by atoms with Gasteiger partial charge in [0.2, 0.25) is 5.28 Å². The fourth-order valence-electron chi connectivity index (χ4n) is 3.06. The smallest absolute Gasteiger partial charge is 0.222 e. The molecule has 5 heteroatoms. The second-order valence-corrected chi connectivity index (χ2v) is 6.31. The van der Waals surface area contributed by atoms with Gasteiger partial charge in [0.25, 0.3) is 0 Å². The molecule has 0 aliphatic heterocycles. The molecule has 0 amide bonds. The maximum Gasteiger partial charge on any atom is 0.222 e. The lowest BCUT2D eigenvalue weighted by Crippen LogP contribution is -2.15. The van der Waals surface area contributed by atoms with Gasteiger partial charge in [0, 0.05) is 41.6 Å². The van der Waals surface area contributed by atoms with Crippen molar-refractivity contribution in [2.45, 2.75) is 5.92 Å². The lowest BCUT2D eigenvalue weighted by atomic mass is 9.95. The Morgan fingerprint density at radius 1 is 0.885 bits per heavy atom. The number of hydrogen-bond donors (Lipinski definition) is 1. The van der Waals surface area contributed by atoms with Crippen molar-refractivity contribution in [1.82, 2.24) is 15.0 Å². The predicted octanol–water partition coefficient (Wildman–Crippen LogP) is 4.92. The molecule has 0 bridgehead atoms. The first-order valence-electron chi connectivity index (χ1n) is 8.42. The van der Waals surface area contributed by atoms with Crippen LogP contribution in [0.25, 0.3) is 10.9 Å². The first kappa shape index (κ1) is 16.5. The highest BCUT2D eigenvalue weighted by atomic mass is 35.5. The van der Waals surface area contributed by atoms with Crippen LogP contribution in [0.5, 0.6) is 0 Å². The van der Waals surface area contributed by atoms with E-state index in [1.807, 2.05) is 42.6 Å². The minimum Gasteiger partial charge on any atom is -0.383 e. The van der Waals surface area contributed by atoms with Gasteiger partial charge in [-0.25, -0.2) is 9.97 Å². The highest BCUT2D eigenvalue weighted by Crippen LogP contribution is 2.26. The molecule has 4 rings (SSSR count). The molecular formula is C21H17ClN4. The zero-order chi connectivity index (χ0) is 17.8. The number of nitrogens with one attached hydrogen (secondary N) is 1. The number of benzene rings is 2. The molecule has 0 aliphatic rings. The summed E-state index contributed by atoms with van der Waals surface area (Å²) >= 11 is 5.91. The number of aromatic nitrogens is 3. The Labute approximate surface area is 156 Å². The van der Waals surface area contributed by atoms with Crippen LogP contribution in [0.1, 0.15) is 17.2 Å². The van der Waals surface area contributed by atoms with Gasteiger partial charge in [-0.1, -0.05) is 42.5 Å². The molecule has 128 valence electrons. The molecule has 0 radical (unpaired) electrons. The summed E-state index contributed by atoms with van der Waals surface area (Å²) in [7, 11) is 0. The molecular weight excluding hydrogens is 344 g/mol. The van der Waals surface area contributed by atoms with Crippen molar-refractivity contribution >= 4 is 28.2 Å². The standard InChI is InChI=1S/C21H17ClN4/c22-21-25-14-17-19(10-6-11-20(17)26-21)24-13-16(15-7-2-1-3-8-15)18-9-4-5-12-23-18/h1-12,14,16,24H,13H2. The van der Waals surface area contributed by atoms with Gasteiger partial charge >= 0.3 is 0 Å². The average molecular weight is 361 g/mol. The Kier molecular flexibility index (Phi) is 4.75. The molecule has 1 unspecified atom stereocenters. The number of anilines is 1. The molecule has 1 atom stereocenters. The monoisotopic (exact) mass is 360 g/mol. The van der Waals surface area contributed by atoms with E-state index in [4.69, 9.17) is 11.6 Å². The lowest BCUT2D eigenvalue weighted by Gasteiger charge is -2.19. The van der Waals surface area contributed by atoms with E-state index in [9.17, 15) is 0 Å². The van der Waals surface area contributed by atoms with E-state index < -0.39 is 0 Å². The van der Waals surface area contributed by atoms with Gasteiger partial charge < -0.3 is 5.32 Å². The van der Waals surface area contributed by atoms with Gasteiger partial charge in [-0.15, -0.1) is 0 Å². The molecule has 0 fully saturated rings. The molecule has 0 spiro atoms. The summed E-state index contributed by atoms with van der Waals surface area (Å²) in [5, 5.41) is 4.74. The van der Waals surface area contributed by atoms with Gasteiger partial charge in [-0.05, 0) is 41.4 Å². The van der Waals surface area contributed by atoms with Gasteiger partial charge in [-0.2, -0.15) is 0 Å². The summed E-state index contributed by atoms with van der Waals surface area (Å²) < 4.78 is 0. The predicted molar refractivity (Wildman–Crippen MR) is 106 cm³/mol. The number of pyridine rings is 1. The molecule has 26 heavy (non-hydrogen) atoms. The van der Waals surface area contributed by atoms with Crippen LogP contribution in [0, 0.1) is 0 Å². The first-order chi connectivity index (χ1) is 12.8. The fourth-order valence-corrected chi connectivity index (χ4v) is 3.20. The summed E-state index contributed by atoms with van der Waals surface area (Å²) in [5.41, 5.74) is 4.06. The van der Waals surface area contributed by atoms with Crippen molar-refractivity contribution in [3.8, 4) is 0 Å². The molecule has 2 heterocycles. The number of halogens is 1. The second-order valence-electron chi connectivity index (χ2n) is 5.98. The number of hydrogen-bond acceptors (Lipinski definition) is 4. The number of rotatable bonds is 5. The summed E-state index contributed by atoms with van der Waals surface area (Å²) in [4.78, 5) is 13.0. The fraction of sp³-hybridized carbons (Fsp3) is 0.0952. The normalized spacial score (nSPS) is 12.0. The maximum atomic E-state index is 5.91. The Balaban J connectivity index is 1.65. The molecule has 2 aromatic heterocycles. The van der Waals surface area contributed by atoms with E-state index >= 15 is 0 Å². The third-order valence-electron chi connectivity index (χ3n) is 4.34. The first-order valence-corrected chi connectivity index (χ1v) is 8.80. The third kappa shape index (κ3) is 3.51. The van der Waals surface area contributed by atoms with Crippen molar-refractivity contribution < 1.29 is 0 Å². The zero-order valence-electron chi connectivity index (χ0n) is 14.0. The zero-order valence-corrected chi connectivity index (χ0v) is 14.8. The maximum absolute atomic E-state index is 5.91. The highest BCUT2D eigenvalue weighted by molar-refractivity contribution is 6.28. The van der Waals surface area contributed by atoms with Gasteiger partial charge in [-0.3, -0.25) is 4.98 Å². The highest BCUT2D eigenvalue weighted by Gasteiger charge is 2.15. The largest absolute Gasteiger partial charge is 0.383 e. The van der Waals surface area contributed by atoms with Crippen LogP contribution in [-0.4, -0.2) is 21.5 Å². The summed E-state index contributed by atoms with van der Waals surface area (Å²) in [6.07, 6.45) is 3.59. The number of fused-ring (bicyclic) bond motifs is 1. The topological polar surface area (TPSA) is 50.7 Å². The van der Waals surface area contributed by atoms with E-state index in [1.54, 1.807) is 6.20 Å². The minimum absolute atomic E-state index is 0.140. The summed E-state index contributed by atoms with van der Waals surface area (Å²) in [6, 6.07) is 22.3. The Hall–Kier alpha value is -2.98. The summed E-state index contributed by atoms with van der Waals surface area (Å²) in [6.45, 7) is 0.711. The molecule has 0 saturated carbocycles. The Morgan fingerprint density at radius 2 is 1.73 bits per heavy atom. The van der Waals surface area contributed by atoms with E-state index in [-0.39, 0.29) is 11.2 Å². The van der Waals surface area contributed by atoms with Crippen LogP contribution in [0.15, 0.2) is 79.1 Å². The van der Waals surface area contributed by atoms with Crippen LogP contribution in [0.2, 0.25) is 5.28 Å². The molecule has 2 aromatic carbocycles. The molecule has 4 aromatic rings. The lowest BCUT2D eigenvalue weighted by molar-refractivity contribution is 0.817. The van der Waals surface area contributed by atoms with Crippen molar-refractivity contribution in [3.63, 3.8) is 0 Å². The van der Waals surface area contributed by atoms with Gasteiger partial charge in [0.1, 0.15) is 0 Å². The van der Waals surface area contributed by atoms with Crippen LogP contribution < -0.4 is 5.32 Å². The Morgan fingerprint density at radius 3 is 2.54 bits per heavy atom. The van der Waals surface area contributed by atoms with Crippen molar-refractivity contribution in [3.05, 3.63) is 95.7 Å². The molecule has 0 aliphatic carbocycles. The van der Waals surface area contributed by atoms with E-state index in [0.717, 1.165) is 22.3 Å². The van der Waals surface area contributed by atoms with Gasteiger partial charge in [0.05, 0.1) is 5.52 Å². The van der Waals surface area contributed by atoms with E-state index in [1.165, 1.54) is 5.56 Å². The SMILES string of the molecule is Clc1ncc2c(NCC(c3ccccc3)c3ccccn3)cccc2n1. The van der Waals surface area contributed by atoms with Crippen molar-refractivity contribution in [2.75, 3.05) is 11.9 Å². The van der Waals surface area contributed by atoms with E-state index in [0.29, 0.717) is 6.54 Å². The number of nitrogens with zero attached hydrogens (tertiary/aromatic N) is 3. The van der Waals surface area contributed by atoms with Crippen LogP contribution >= 0.6 is 11.6 Å². The molecule has 1 N–H and O–H groups in total. The average Bonchev–Trinajstić information content (AvgIpc) is 2.69. The van der Waals surface area contributed by atoms with Crippen LogP contribution in [0.4, 0.5) is 5.69 Å². The molecule has 0 saturated heterocycles. The van der Waals surface area contributed by atoms with Crippen molar-refractivity contribution in [1.29, 1.82) is 0 Å². The third-order valence-corrected chi connectivity index (χ3v) is 4.52. The van der Waals surface area contributed by atoms with E-state index in [2.05, 4.69) is 50.6 Å². The second kappa shape index (κ2) is 7.50. The summed E-state index contributed by atoms with van der Waals surface area (Å²) in [5.74, 6) is 0.140. The van der Waals surface area contributed by atoms with Crippen LogP contribution in [0.3, 0.4) is 0 Å². The van der Waals surface area contributed by atoms with Crippen molar-refractivity contribution in [2.24, 2.45) is 0 Å². The van der Waals surface area contributed by atoms with Crippen LogP contribution in [-0.2, 0) is 0 Å². The van der Waals surface area contributed by atoms with Gasteiger partial charge in [0.15, 0.2) is 0 Å². The quantitative estimate of drug-likeness (QED) is 0.513. The molecule has 4 nitrogen and oxygen atoms in total.